The van der Waals surface area contributed by atoms with Gasteiger partial charge in [-0.2, -0.15) is 0 Å². The predicted molar refractivity (Wildman–Crippen MR) is 95.9 cm³/mol. The van der Waals surface area contributed by atoms with Gasteiger partial charge in [0.15, 0.2) is 4.34 Å². The number of fused-ring (bicyclic) bond motifs is 1. The number of thioether (sulfide) groups is 1. The molecule has 1 N–H and O–H groups in total. The quantitative estimate of drug-likeness (QED) is 0.361. The van der Waals surface area contributed by atoms with Crippen LogP contribution in [0.2, 0.25) is 0 Å². The minimum atomic E-state index is -0.958. The first kappa shape index (κ1) is 17.3. The van der Waals surface area contributed by atoms with Gasteiger partial charge in [-0.25, -0.2) is 0 Å². The fraction of sp³-hybridized carbons (Fsp3) is 0.188. The van der Waals surface area contributed by atoms with Gasteiger partial charge >= 0.3 is 0 Å². The fourth-order valence-electron chi connectivity index (χ4n) is 2.34. The summed E-state index contributed by atoms with van der Waals surface area (Å²) < 4.78 is 0.698. The summed E-state index contributed by atoms with van der Waals surface area (Å²) in [6.07, 6.45) is 1.74. The van der Waals surface area contributed by atoms with E-state index in [9.17, 15) is 14.4 Å². The molecule has 0 aliphatic carbocycles. The largest absolute Gasteiger partial charge is 0.299 e. The summed E-state index contributed by atoms with van der Waals surface area (Å²) >= 11 is 2.67. The molecule has 0 saturated carbocycles. The van der Waals surface area contributed by atoms with Gasteiger partial charge in [0.2, 0.25) is 11.0 Å². The van der Waals surface area contributed by atoms with E-state index in [-0.39, 0.29) is 0 Å². The van der Waals surface area contributed by atoms with Crippen LogP contribution >= 0.6 is 23.1 Å². The molecule has 2 aromatic rings. The summed E-state index contributed by atoms with van der Waals surface area (Å²) in [6.45, 7) is 5.13. The Morgan fingerprint density at radius 2 is 1.96 bits per heavy atom. The Morgan fingerprint density at radius 1 is 1.32 bits per heavy atom. The summed E-state index contributed by atoms with van der Waals surface area (Å²) in [5, 5.41) is 10.8. The number of amides is 3. The molecule has 1 aromatic heterocycles. The first-order chi connectivity index (χ1) is 12.0. The maximum Gasteiger partial charge on any atom is 0.262 e. The number of rotatable bonds is 6. The van der Waals surface area contributed by atoms with E-state index in [1.165, 1.54) is 30.0 Å². The summed E-state index contributed by atoms with van der Waals surface area (Å²) in [4.78, 5) is 38.2. The molecule has 25 heavy (non-hydrogen) atoms. The maximum absolute atomic E-state index is 12.4. The van der Waals surface area contributed by atoms with E-state index in [0.717, 1.165) is 4.90 Å². The van der Waals surface area contributed by atoms with Crippen LogP contribution < -0.4 is 5.32 Å². The summed E-state index contributed by atoms with van der Waals surface area (Å²) in [5.41, 5.74) is 0.623. The minimum absolute atomic E-state index is 0.311. The smallest absolute Gasteiger partial charge is 0.262 e. The Labute approximate surface area is 152 Å². The number of imide groups is 1. The second-order valence-electron chi connectivity index (χ2n) is 5.16. The Balaban J connectivity index is 1.71. The lowest BCUT2D eigenvalue weighted by atomic mass is 10.1. The van der Waals surface area contributed by atoms with Crippen molar-refractivity contribution in [2.45, 2.75) is 17.3 Å². The molecule has 3 rings (SSSR count). The molecule has 128 valence electrons. The molecule has 1 aromatic carbocycles. The van der Waals surface area contributed by atoms with Crippen molar-refractivity contribution in [3.05, 3.63) is 48.0 Å². The maximum atomic E-state index is 12.4. The van der Waals surface area contributed by atoms with Crippen LogP contribution in [-0.4, -0.2) is 44.6 Å². The fourth-order valence-corrected chi connectivity index (χ4v) is 3.85. The summed E-state index contributed by atoms with van der Waals surface area (Å²) in [7, 11) is 0. The molecule has 0 bridgehead atoms. The van der Waals surface area contributed by atoms with Crippen molar-refractivity contribution in [3.63, 3.8) is 0 Å². The SMILES string of the molecule is C=CCSc1nnc(NC(=O)[C@H](C)N2C(=O)c3ccccc3C2=O)s1. The third kappa shape index (κ3) is 3.33. The average Bonchev–Trinajstić information content (AvgIpc) is 3.16. The number of hydrogen-bond donors (Lipinski definition) is 1. The first-order valence-corrected chi connectivity index (χ1v) is 9.18. The molecule has 0 unspecified atom stereocenters. The van der Waals surface area contributed by atoms with E-state index in [0.29, 0.717) is 26.4 Å². The lowest BCUT2D eigenvalue weighted by molar-refractivity contribution is -0.119. The molecule has 0 fully saturated rings. The number of nitrogens with one attached hydrogen (secondary N) is 1. The van der Waals surface area contributed by atoms with Crippen LogP contribution in [0.5, 0.6) is 0 Å². The van der Waals surface area contributed by atoms with Gasteiger partial charge in [0.1, 0.15) is 6.04 Å². The summed E-state index contributed by atoms with van der Waals surface area (Å²) in [6, 6.07) is 5.56. The molecule has 1 atom stereocenters. The monoisotopic (exact) mass is 374 g/mol. The Hall–Kier alpha value is -2.52. The molecule has 9 heteroatoms. The van der Waals surface area contributed by atoms with E-state index in [4.69, 9.17) is 0 Å². The van der Waals surface area contributed by atoms with Crippen LogP contribution in [-0.2, 0) is 4.79 Å². The van der Waals surface area contributed by atoms with Crippen LogP contribution in [0.4, 0.5) is 5.13 Å². The molecular weight excluding hydrogens is 360 g/mol. The number of benzene rings is 1. The second-order valence-corrected chi connectivity index (χ2v) is 7.41. The van der Waals surface area contributed by atoms with Crippen LogP contribution in [0.25, 0.3) is 0 Å². The number of aromatic nitrogens is 2. The molecule has 2 heterocycles. The zero-order valence-electron chi connectivity index (χ0n) is 13.3. The Bertz CT molecular complexity index is 830. The zero-order valence-corrected chi connectivity index (χ0v) is 14.9. The van der Waals surface area contributed by atoms with Gasteiger partial charge in [0.25, 0.3) is 11.8 Å². The number of nitrogens with zero attached hydrogens (tertiary/aromatic N) is 3. The van der Waals surface area contributed by atoms with Crippen LogP contribution in [0.3, 0.4) is 0 Å². The number of carbonyl (C=O) groups excluding carboxylic acids is 3. The van der Waals surface area contributed by atoms with Crippen LogP contribution in [0, 0.1) is 0 Å². The summed E-state index contributed by atoms with van der Waals surface area (Å²) in [5.74, 6) is -0.745. The first-order valence-electron chi connectivity index (χ1n) is 7.38. The predicted octanol–water partition coefficient (Wildman–Crippen LogP) is 2.44. The number of anilines is 1. The molecule has 3 amide bonds. The van der Waals surface area contributed by atoms with E-state index >= 15 is 0 Å². The van der Waals surface area contributed by atoms with Gasteiger partial charge in [0.05, 0.1) is 11.1 Å². The highest BCUT2D eigenvalue weighted by molar-refractivity contribution is 8.01. The van der Waals surface area contributed by atoms with E-state index in [2.05, 4.69) is 22.1 Å². The van der Waals surface area contributed by atoms with Crippen molar-refractivity contribution >= 4 is 46.0 Å². The number of carbonyl (C=O) groups is 3. The minimum Gasteiger partial charge on any atom is -0.299 e. The van der Waals surface area contributed by atoms with Gasteiger partial charge in [-0.1, -0.05) is 41.3 Å². The van der Waals surface area contributed by atoms with Crippen molar-refractivity contribution < 1.29 is 14.4 Å². The molecule has 1 aliphatic rings. The topological polar surface area (TPSA) is 92.3 Å². The van der Waals surface area contributed by atoms with Crippen molar-refractivity contribution in [1.29, 1.82) is 0 Å². The lowest BCUT2D eigenvalue weighted by Crippen LogP contribution is -2.45. The third-order valence-corrected chi connectivity index (χ3v) is 5.52. The van der Waals surface area contributed by atoms with E-state index in [1.807, 2.05) is 0 Å². The van der Waals surface area contributed by atoms with Crippen LogP contribution in [0.15, 0.2) is 41.3 Å². The van der Waals surface area contributed by atoms with Gasteiger partial charge in [-0.05, 0) is 19.1 Å². The zero-order chi connectivity index (χ0) is 18.0. The lowest BCUT2D eigenvalue weighted by Gasteiger charge is -2.20. The molecule has 1 aliphatic heterocycles. The Morgan fingerprint density at radius 3 is 2.56 bits per heavy atom. The van der Waals surface area contributed by atoms with Gasteiger partial charge < -0.3 is 0 Å². The molecule has 0 radical (unpaired) electrons. The Kier molecular flexibility index (Phi) is 4.95. The van der Waals surface area contributed by atoms with Crippen LogP contribution in [0.1, 0.15) is 27.6 Å². The highest BCUT2D eigenvalue weighted by atomic mass is 32.2. The van der Waals surface area contributed by atoms with Gasteiger partial charge in [-0.15, -0.1) is 16.8 Å². The standard InChI is InChI=1S/C16H14N4O3S2/c1-3-8-24-16-19-18-15(25-16)17-12(21)9(2)20-13(22)10-6-4-5-7-11(10)14(20)23/h3-7,9H,1,8H2,2H3,(H,17,18,21)/t9-/m0/s1. The molecule has 0 saturated heterocycles. The van der Waals surface area contributed by atoms with Crippen molar-refractivity contribution in [3.8, 4) is 0 Å². The van der Waals surface area contributed by atoms with Crippen molar-refractivity contribution in [1.82, 2.24) is 15.1 Å². The third-order valence-electron chi connectivity index (χ3n) is 3.55. The van der Waals surface area contributed by atoms with Crippen molar-refractivity contribution in [2.24, 2.45) is 0 Å². The average molecular weight is 374 g/mol. The highest BCUT2D eigenvalue weighted by Gasteiger charge is 2.40. The van der Waals surface area contributed by atoms with Crippen molar-refractivity contribution in [2.75, 3.05) is 11.1 Å². The number of hydrogen-bond acceptors (Lipinski definition) is 7. The van der Waals surface area contributed by atoms with E-state index < -0.39 is 23.8 Å². The highest BCUT2D eigenvalue weighted by Crippen LogP contribution is 2.27. The van der Waals surface area contributed by atoms with Gasteiger partial charge in [0, 0.05) is 5.75 Å². The van der Waals surface area contributed by atoms with E-state index in [1.54, 1.807) is 30.3 Å². The second kappa shape index (κ2) is 7.16. The van der Waals surface area contributed by atoms with Gasteiger partial charge in [-0.3, -0.25) is 24.6 Å². The molecule has 0 spiro atoms. The molecular formula is C16H14N4O3S2. The normalized spacial score (nSPS) is 14.4. The molecule has 7 nitrogen and oxygen atoms in total.